The van der Waals surface area contributed by atoms with E-state index < -0.39 is 0 Å². The van der Waals surface area contributed by atoms with Gasteiger partial charge in [-0.3, -0.25) is 0 Å². The zero-order valence-corrected chi connectivity index (χ0v) is 10.3. The fraction of sp³-hybridized carbons (Fsp3) is 0.364. The maximum atomic E-state index is 5.27. The fourth-order valence-corrected chi connectivity index (χ4v) is 1.32. The van der Waals surface area contributed by atoms with E-state index in [-0.39, 0.29) is 0 Å². The van der Waals surface area contributed by atoms with Gasteiger partial charge in [-0.25, -0.2) is 0 Å². The number of ether oxygens (including phenoxy) is 1. The highest BCUT2D eigenvalue weighted by atomic mass is 16.5. The van der Waals surface area contributed by atoms with Crippen LogP contribution < -0.4 is 15.4 Å². The second-order valence-corrected chi connectivity index (χ2v) is 3.43. The molecule has 2 N–H and O–H groups in total. The molecule has 2 rings (SSSR count). The molecule has 2 aromatic rings. The van der Waals surface area contributed by atoms with Gasteiger partial charge in [0.1, 0.15) is 0 Å². The molecule has 0 unspecified atom stereocenters. The Balaban J connectivity index is 2.08. The summed E-state index contributed by atoms with van der Waals surface area (Å²) in [5, 5.41) is 5.94. The molecule has 0 aliphatic heterocycles. The van der Waals surface area contributed by atoms with Crippen molar-refractivity contribution in [3.05, 3.63) is 24.2 Å². The molecule has 0 saturated carbocycles. The summed E-state index contributed by atoms with van der Waals surface area (Å²) in [6.07, 6.45) is 3.28. The number of rotatable bonds is 6. The van der Waals surface area contributed by atoms with Gasteiger partial charge < -0.3 is 19.8 Å². The van der Waals surface area contributed by atoms with E-state index in [1.807, 2.05) is 13.0 Å². The predicted octanol–water partition coefficient (Wildman–Crippen LogP) is 1.52. The number of hydrogen-bond acceptors (Lipinski definition) is 7. The molecule has 0 aromatic carbocycles. The van der Waals surface area contributed by atoms with Crippen molar-refractivity contribution in [2.45, 2.75) is 13.5 Å². The van der Waals surface area contributed by atoms with Crippen LogP contribution in [0.1, 0.15) is 12.5 Å². The maximum Gasteiger partial charge on any atom is 0.323 e. The standard InChI is InChI=1S/C11H15N5O2/c1-3-18-11-15-9(12-2)14-10(16-11)13-6-8-4-5-17-7-8/h4-5,7H,3,6H2,1-2H3,(H2,12,13,14,15,16). The average molecular weight is 249 g/mol. The third kappa shape index (κ3) is 3.09. The molecule has 0 fully saturated rings. The quantitative estimate of drug-likeness (QED) is 0.802. The Morgan fingerprint density at radius 3 is 2.78 bits per heavy atom. The number of nitrogens with zero attached hydrogens (tertiary/aromatic N) is 3. The van der Waals surface area contributed by atoms with E-state index in [2.05, 4.69) is 25.6 Å². The van der Waals surface area contributed by atoms with Crippen LogP contribution in [0.5, 0.6) is 6.01 Å². The monoisotopic (exact) mass is 249 g/mol. The first-order chi connectivity index (χ1) is 8.81. The smallest absolute Gasteiger partial charge is 0.323 e. The molecule has 7 nitrogen and oxygen atoms in total. The van der Waals surface area contributed by atoms with Crippen LogP contribution >= 0.6 is 0 Å². The normalized spacial score (nSPS) is 10.1. The summed E-state index contributed by atoms with van der Waals surface area (Å²) in [6, 6.07) is 2.17. The van der Waals surface area contributed by atoms with Gasteiger partial charge in [0, 0.05) is 19.2 Å². The van der Waals surface area contributed by atoms with Crippen LogP contribution in [0.15, 0.2) is 23.0 Å². The van der Waals surface area contributed by atoms with E-state index >= 15 is 0 Å². The Bertz CT molecular complexity index is 486. The van der Waals surface area contributed by atoms with Crippen LogP contribution in [0.3, 0.4) is 0 Å². The lowest BCUT2D eigenvalue weighted by atomic mass is 10.3. The van der Waals surface area contributed by atoms with Crippen LogP contribution in [-0.2, 0) is 6.54 Å². The third-order valence-electron chi connectivity index (χ3n) is 2.14. The second-order valence-electron chi connectivity index (χ2n) is 3.43. The lowest BCUT2D eigenvalue weighted by Crippen LogP contribution is -2.09. The lowest BCUT2D eigenvalue weighted by Gasteiger charge is -2.07. The highest BCUT2D eigenvalue weighted by Gasteiger charge is 2.06. The molecule has 0 radical (unpaired) electrons. The highest BCUT2D eigenvalue weighted by molar-refractivity contribution is 5.35. The van der Waals surface area contributed by atoms with Crippen molar-refractivity contribution in [1.82, 2.24) is 15.0 Å². The molecule has 0 aliphatic carbocycles. The van der Waals surface area contributed by atoms with Gasteiger partial charge in [-0.2, -0.15) is 15.0 Å². The van der Waals surface area contributed by atoms with Gasteiger partial charge in [0.05, 0.1) is 19.1 Å². The van der Waals surface area contributed by atoms with E-state index in [4.69, 9.17) is 9.15 Å². The summed E-state index contributed by atoms with van der Waals surface area (Å²) in [4.78, 5) is 12.4. The average Bonchev–Trinajstić information content (AvgIpc) is 2.89. The van der Waals surface area contributed by atoms with Crippen molar-refractivity contribution < 1.29 is 9.15 Å². The fourth-order valence-electron chi connectivity index (χ4n) is 1.32. The first kappa shape index (κ1) is 12.2. The molecule has 0 amide bonds. The van der Waals surface area contributed by atoms with E-state index in [1.54, 1.807) is 19.6 Å². The highest BCUT2D eigenvalue weighted by Crippen LogP contribution is 2.12. The Morgan fingerprint density at radius 1 is 1.28 bits per heavy atom. The summed E-state index contributed by atoms with van der Waals surface area (Å²) in [5.74, 6) is 0.919. The molecular weight excluding hydrogens is 234 g/mol. The SMILES string of the molecule is CCOc1nc(NC)nc(NCc2ccoc2)n1. The predicted molar refractivity (Wildman–Crippen MR) is 66.6 cm³/mol. The Kier molecular flexibility index (Phi) is 3.95. The Labute approximate surface area is 105 Å². The number of anilines is 2. The van der Waals surface area contributed by atoms with Gasteiger partial charge in [-0.05, 0) is 13.0 Å². The molecule has 0 spiro atoms. The first-order valence-electron chi connectivity index (χ1n) is 5.63. The molecule has 18 heavy (non-hydrogen) atoms. The van der Waals surface area contributed by atoms with Crippen molar-refractivity contribution in [2.75, 3.05) is 24.3 Å². The van der Waals surface area contributed by atoms with Gasteiger partial charge in [-0.1, -0.05) is 0 Å². The minimum absolute atomic E-state index is 0.298. The third-order valence-corrected chi connectivity index (χ3v) is 2.14. The number of aromatic nitrogens is 3. The largest absolute Gasteiger partial charge is 0.472 e. The summed E-state index contributed by atoms with van der Waals surface area (Å²) in [7, 11) is 1.74. The second kappa shape index (κ2) is 5.85. The van der Waals surface area contributed by atoms with Crippen molar-refractivity contribution in [1.29, 1.82) is 0 Å². The maximum absolute atomic E-state index is 5.27. The summed E-state index contributed by atoms with van der Waals surface area (Å²) in [6.45, 7) is 2.96. The summed E-state index contributed by atoms with van der Waals surface area (Å²) >= 11 is 0. The number of furan rings is 1. The van der Waals surface area contributed by atoms with Gasteiger partial charge in [0.2, 0.25) is 11.9 Å². The van der Waals surface area contributed by atoms with Gasteiger partial charge in [0.15, 0.2) is 0 Å². The van der Waals surface area contributed by atoms with Crippen LogP contribution in [0, 0.1) is 0 Å². The van der Waals surface area contributed by atoms with Gasteiger partial charge in [0.25, 0.3) is 0 Å². The molecule has 7 heteroatoms. The minimum atomic E-state index is 0.298. The van der Waals surface area contributed by atoms with Crippen LogP contribution in [0.2, 0.25) is 0 Å². The molecule has 0 atom stereocenters. The molecule has 96 valence electrons. The topological polar surface area (TPSA) is 85.1 Å². The molecule has 0 saturated heterocycles. The van der Waals surface area contributed by atoms with Crippen molar-refractivity contribution >= 4 is 11.9 Å². The lowest BCUT2D eigenvalue weighted by molar-refractivity contribution is 0.312. The van der Waals surface area contributed by atoms with Crippen LogP contribution in [-0.4, -0.2) is 28.6 Å². The Hall–Kier alpha value is -2.31. The van der Waals surface area contributed by atoms with Crippen LogP contribution in [0.4, 0.5) is 11.9 Å². The minimum Gasteiger partial charge on any atom is -0.472 e. The number of nitrogens with one attached hydrogen (secondary N) is 2. The summed E-state index contributed by atoms with van der Waals surface area (Å²) < 4.78 is 10.2. The summed E-state index contributed by atoms with van der Waals surface area (Å²) in [5.41, 5.74) is 1.01. The van der Waals surface area contributed by atoms with E-state index in [0.29, 0.717) is 31.1 Å². The zero-order chi connectivity index (χ0) is 12.8. The van der Waals surface area contributed by atoms with Crippen molar-refractivity contribution in [3.63, 3.8) is 0 Å². The molecule has 0 bridgehead atoms. The van der Waals surface area contributed by atoms with E-state index in [0.717, 1.165) is 5.56 Å². The van der Waals surface area contributed by atoms with E-state index in [1.165, 1.54) is 0 Å². The van der Waals surface area contributed by atoms with Crippen molar-refractivity contribution in [3.8, 4) is 6.01 Å². The molecule has 2 heterocycles. The van der Waals surface area contributed by atoms with E-state index in [9.17, 15) is 0 Å². The zero-order valence-electron chi connectivity index (χ0n) is 10.3. The van der Waals surface area contributed by atoms with Crippen molar-refractivity contribution in [2.24, 2.45) is 0 Å². The molecule has 0 aliphatic rings. The molecular formula is C11H15N5O2. The number of hydrogen-bond donors (Lipinski definition) is 2. The first-order valence-corrected chi connectivity index (χ1v) is 5.63. The van der Waals surface area contributed by atoms with Gasteiger partial charge in [-0.15, -0.1) is 0 Å². The van der Waals surface area contributed by atoms with Crippen LogP contribution in [0.25, 0.3) is 0 Å². The Morgan fingerprint density at radius 2 is 2.11 bits per heavy atom. The molecule has 2 aromatic heterocycles. The van der Waals surface area contributed by atoms with Gasteiger partial charge >= 0.3 is 6.01 Å².